The van der Waals surface area contributed by atoms with Crippen molar-refractivity contribution < 1.29 is 19.8 Å². The third-order valence-corrected chi connectivity index (χ3v) is 3.91. The molecule has 5 nitrogen and oxygen atoms in total. The second kappa shape index (κ2) is 6.05. The van der Waals surface area contributed by atoms with Crippen LogP contribution in [0.4, 0.5) is 5.69 Å². The molecule has 108 valence electrons. The van der Waals surface area contributed by atoms with Gasteiger partial charge in [-0.2, -0.15) is 0 Å². The van der Waals surface area contributed by atoms with Gasteiger partial charge in [0.05, 0.1) is 12.0 Å². The number of carboxylic acids is 1. The van der Waals surface area contributed by atoms with Crippen LogP contribution in [0, 0.1) is 5.41 Å². The van der Waals surface area contributed by atoms with E-state index in [1.165, 1.54) is 0 Å². The van der Waals surface area contributed by atoms with E-state index < -0.39 is 11.4 Å². The maximum absolute atomic E-state index is 12.0. The molecule has 1 aromatic rings. The molecule has 2 rings (SSSR count). The summed E-state index contributed by atoms with van der Waals surface area (Å²) in [7, 11) is 0. The molecule has 0 atom stereocenters. The van der Waals surface area contributed by atoms with Gasteiger partial charge in [-0.25, -0.2) is 0 Å². The summed E-state index contributed by atoms with van der Waals surface area (Å²) >= 11 is 0. The number of rotatable bonds is 5. The van der Waals surface area contributed by atoms with Gasteiger partial charge in [0.15, 0.2) is 0 Å². The zero-order valence-electron chi connectivity index (χ0n) is 11.3. The molecule has 1 aromatic carbocycles. The third-order valence-electron chi connectivity index (χ3n) is 3.91. The molecular weight excluding hydrogens is 258 g/mol. The smallest absolute Gasteiger partial charge is 0.310 e. The Morgan fingerprint density at radius 1 is 1.25 bits per heavy atom. The van der Waals surface area contributed by atoms with Crippen LogP contribution in [0.3, 0.4) is 0 Å². The lowest BCUT2D eigenvalue weighted by Crippen LogP contribution is -2.32. The van der Waals surface area contributed by atoms with Crippen LogP contribution in [-0.2, 0) is 16.2 Å². The lowest BCUT2D eigenvalue weighted by atomic mass is 9.82. The van der Waals surface area contributed by atoms with Gasteiger partial charge in [-0.3, -0.25) is 9.59 Å². The van der Waals surface area contributed by atoms with Gasteiger partial charge in [0.1, 0.15) is 0 Å². The fourth-order valence-electron chi connectivity index (χ4n) is 2.78. The third kappa shape index (κ3) is 3.17. The first-order valence-electron chi connectivity index (χ1n) is 6.79. The molecule has 1 fully saturated rings. The molecule has 1 amide bonds. The summed E-state index contributed by atoms with van der Waals surface area (Å²) in [5, 5.41) is 21.1. The van der Waals surface area contributed by atoms with Crippen molar-refractivity contribution >= 4 is 17.6 Å². The number of benzene rings is 1. The van der Waals surface area contributed by atoms with Gasteiger partial charge in [0.25, 0.3) is 0 Å². The lowest BCUT2D eigenvalue weighted by Gasteiger charge is -2.22. The highest BCUT2D eigenvalue weighted by atomic mass is 16.4. The predicted octanol–water partition coefficient (Wildman–Crippen LogP) is 2.15. The first-order valence-corrected chi connectivity index (χ1v) is 6.79. The number of hydrogen-bond donors (Lipinski definition) is 3. The minimum Gasteiger partial charge on any atom is -0.481 e. The van der Waals surface area contributed by atoms with Crippen LogP contribution in [0.25, 0.3) is 0 Å². The quantitative estimate of drug-likeness (QED) is 0.769. The first kappa shape index (κ1) is 14.5. The van der Waals surface area contributed by atoms with Crippen molar-refractivity contribution in [2.75, 3.05) is 5.32 Å². The Morgan fingerprint density at radius 2 is 1.95 bits per heavy atom. The Hall–Kier alpha value is -1.88. The molecule has 0 saturated heterocycles. The fourth-order valence-corrected chi connectivity index (χ4v) is 2.78. The molecule has 3 N–H and O–H groups in total. The number of carboxylic acid groups (broad SMARTS) is 1. The fraction of sp³-hybridized carbons (Fsp3) is 0.467. The monoisotopic (exact) mass is 277 g/mol. The maximum Gasteiger partial charge on any atom is 0.310 e. The highest BCUT2D eigenvalue weighted by molar-refractivity contribution is 5.94. The van der Waals surface area contributed by atoms with Gasteiger partial charge < -0.3 is 15.5 Å². The lowest BCUT2D eigenvalue weighted by molar-refractivity contribution is -0.150. The molecule has 0 radical (unpaired) electrons. The predicted molar refractivity (Wildman–Crippen MR) is 74.1 cm³/mol. The van der Waals surface area contributed by atoms with E-state index in [1.54, 1.807) is 24.3 Å². The van der Waals surface area contributed by atoms with Crippen molar-refractivity contribution in [2.24, 2.45) is 5.41 Å². The standard InChI is InChI=1S/C15H19NO4/c17-10-11-4-3-5-12(8-11)16-13(18)9-15(14(19)20)6-1-2-7-15/h3-5,8,17H,1-2,6-7,9-10H2,(H,16,18)(H,19,20). The molecule has 0 unspecified atom stereocenters. The van der Waals surface area contributed by atoms with Gasteiger partial charge in [-0.05, 0) is 30.5 Å². The zero-order valence-corrected chi connectivity index (χ0v) is 11.3. The van der Waals surface area contributed by atoms with Gasteiger partial charge >= 0.3 is 5.97 Å². The summed E-state index contributed by atoms with van der Waals surface area (Å²) in [5.41, 5.74) is 0.385. The number of aliphatic hydroxyl groups is 1. The van der Waals surface area contributed by atoms with Crippen molar-refractivity contribution in [1.29, 1.82) is 0 Å². The summed E-state index contributed by atoms with van der Waals surface area (Å²) in [6, 6.07) is 6.90. The largest absolute Gasteiger partial charge is 0.481 e. The van der Waals surface area contributed by atoms with Crippen LogP contribution < -0.4 is 5.32 Å². The van der Waals surface area contributed by atoms with Crippen LogP contribution in [-0.4, -0.2) is 22.1 Å². The molecule has 0 aromatic heterocycles. The summed E-state index contributed by atoms with van der Waals surface area (Å²) in [6.45, 7) is -0.0945. The van der Waals surface area contributed by atoms with Gasteiger partial charge in [-0.1, -0.05) is 25.0 Å². The van der Waals surface area contributed by atoms with E-state index in [2.05, 4.69) is 5.32 Å². The topological polar surface area (TPSA) is 86.6 Å². The van der Waals surface area contributed by atoms with E-state index >= 15 is 0 Å². The van der Waals surface area contributed by atoms with E-state index in [1.807, 2.05) is 0 Å². The molecule has 1 saturated carbocycles. The SMILES string of the molecule is O=C(CC1(C(=O)O)CCCC1)Nc1cccc(CO)c1. The second-order valence-corrected chi connectivity index (χ2v) is 5.38. The molecule has 0 aliphatic heterocycles. The second-order valence-electron chi connectivity index (χ2n) is 5.38. The van der Waals surface area contributed by atoms with Crippen LogP contribution in [0.2, 0.25) is 0 Å². The summed E-state index contributed by atoms with van der Waals surface area (Å²) in [4.78, 5) is 23.4. The number of hydrogen-bond acceptors (Lipinski definition) is 3. The van der Waals surface area contributed by atoms with Crippen LogP contribution in [0.5, 0.6) is 0 Å². The number of nitrogens with one attached hydrogen (secondary N) is 1. The van der Waals surface area contributed by atoms with Crippen molar-refractivity contribution in [1.82, 2.24) is 0 Å². The molecule has 1 aliphatic rings. The van der Waals surface area contributed by atoms with E-state index in [4.69, 9.17) is 5.11 Å². The number of aliphatic hydroxyl groups excluding tert-OH is 1. The number of amides is 1. The van der Waals surface area contributed by atoms with Gasteiger partial charge in [0, 0.05) is 12.1 Å². The van der Waals surface area contributed by atoms with E-state index in [0.717, 1.165) is 12.8 Å². The van der Waals surface area contributed by atoms with E-state index in [-0.39, 0.29) is 18.9 Å². The highest BCUT2D eigenvalue weighted by Crippen LogP contribution is 2.41. The van der Waals surface area contributed by atoms with Crippen LogP contribution in [0.1, 0.15) is 37.7 Å². The number of carbonyl (C=O) groups is 2. The molecule has 5 heteroatoms. The van der Waals surface area contributed by atoms with Crippen molar-refractivity contribution in [2.45, 2.75) is 38.7 Å². The first-order chi connectivity index (χ1) is 9.55. The molecule has 0 heterocycles. The molecular formula is C15H19NO4. The number of carbonyl (C=O) groups excluding carboxylic acids is 1. The zero-order chi connectivity index (χ0) is 14.6. The molecule has 20 heavy (non-hydrogen) atoms. The molecule has 0 spiro atoms. The minimum absolute atomic E-state index is 0.00564. The highest BCUT2D eigenvalue weighted by Gasteiger charge is 2.42. The van der Waals surface area contributed by atoms with Crippen molar-refractivity contribution in [3.05, 3.63) is 29.8 Å². The maximum atomic E-state index is 12.0. The molecule has 1 aliphatic carbocycles. The summed E-state index contributed by atoms with van der Waals surface area (Å²) in [6.07, 6.45) is 2.85. The summed E-state index contributed by atoms with van der Waals surface area (Å²) in [5.74, 6) is -1.17. The van der Waals surface area contributed by atoms with E-state index in [0.29, 0.717) is 24.1 Å². The summed E-state index contributed by atoms with van der Waals surface area (Å²) < 4.78 is 0. The normalized spacial score (nSPS) is 16.9. The van der Waals surface area contributed by atoms with Gasteiger partial charge in [0.2, 0.25) is 5.91 Å². The number of aliphatic carboxylic acids is 1. The Balaban J connectivity index is 2.02. The van der Waals surface area contributed by atoms with E-state index in [9.17, 15) is 14.7 Å². The van der Waals surface area contributed by atoms with Gasteiger partial charge in [-0.15, -0.1) is 0 Å². The van der Waals surface area contributed by atoms with Crippen molar-refractivity contribution in [3.63, 3.8) is 0 Å². The average molecular weight is 277 g/mol. The Labute approximate surface area is 117 Å². The van der Waals surface area contributed by atoms with Crippen LogP contribution >= 0.6 is 0 Å². The Morgan fingerprint density at radius 3 is 2.55 bits per heavy atom. The van der Waals surface area contributed by atoms with Crippen molar-refractivity contribution in [3.8, 4) is 0 Å². The van der Waals surface area contributed by atoms with Crippen LogP contribution in [0.15, 0.2) is 24.3 Å². The number of anilines is 1. The Kier molecular flexibility index (Phi) is 4.39. The minimum atomic E-state index is -0.904. The molecule has 0 bridgehead atoms. The average Bonchev–Trinajstić information content (AvgIpc) is 2.88. The Bertz CT molecular complexity index is 506.